The van der Waals surface area contributed by atoms with Gasteiger partial charge in [0.15, 0.2) is 6.61 Å². The van der Waals surface area contributed by atoms with E-state index in [4.69, 9.17) is 9.47 Å². The molecule has 0 aliphatic heterocycles. The maximum atomic E-state index is 12.2. The van der Waals surface area contributed by atoms with E-state index < -0.39 is 0 Å². The average molecular weight is 454 g/mol. The van der Waals surface area contributed by atoms with E-state index in [0.717, 1.165) is 15.8 Å². The van der Waals surface area contributed by atoms with Crippen LogP contribution < -0.4 is 14.8 Å². The van der Waals surface area contributed by atoms with E-state index in [1.54, 1.807) is 0 Å². The molecule has 0 aliphatic carbocycles. The van der Waals surface area contributed by atoms with Crippen molar-refractivity contribution in [2.24, 2.45) is 0 Å². The van der Waals surface area contributed by atoms with Crippen LogP contribution in [0.15, 0.2) is 77.3 Å². The predicted molar refractivity (Wildman–Crippen MR) is 120 cm³/mol. The molecule has 0 saturated carbocycles. The van der Waals surface area contributed by atoms with Crippen LogP contribution in [0.25, 0.3) is 0 Å². The van der Waals surface area contributed by atoms with Crippen LogP contribution in [0.3, 0.4) is 0 Å². The summed E-state index contributed by atoms with van der Waals surface area (Å²) in [5.41, 5.74) is 3.01. The summed E-state index contributed by atoms with van der Waals surface area (Å²) in [6.45, 7) is 4.71. The zero-order chi connectivity index (χ0) is 20.6. The van der Waals surface area contributed by atoms with Crippen molar-refractivity contribution in [3.05, 3.63) is 88.4 Å². The predicted octanol–water partition coefficient (Wildman–Crippen LogP) is 6.17. The van der Waals surface area contributed by atoms with Gasteiger partial charge in [-0.3, -0.25) is 4.79 Å². The second kappa shape index (κ2) is 10.1. The fourth-order valence-electron chi connectivity index (χ4n) is 2.71. The van der Waals surface area contributed by atoms with Crippen LogP contribution in [0.5, 0.6) is 11.5 Å². The van der Waals surface area contributed by atoms with Crippen molar-refractivity contribution in [3.8, 4) is 11.5 Å². The Morgan fingerprint density at radius 1 is 0.966 bits per heavy atom. The van der Waals surface area contributed by atoms with Gasteiger partial charge in [-0.25, -0.2) is 0 Å². The monoisotopic (exact) mass is 453 g/mol. The molecule has 0 aromatic heterocycles. The molecule has 4 nitrogen and oxygen atoms in total. The highest BCUT2D eigenvalue weighted by molar-refractivity contribution is 9.10. The fraction of sp³-hybridized carbons (Fsp3) is 0.208. The van der Waals surface area contributed by atoms with Crippen LogP contribution >= 0.6 is 15.9 Å². The Balaban J connectivity index is 1.48. The number of carbonyl (C=O) groups is 1. The highest BCUT2D eigenvalue weighted by atomic mass is 79.9. The molecule has 0 unspecified atom stereocenters. The summed E-state index contributed by atoms with van der Waals surface area (Å²) < 4.78 is 12.2. The van der Waals surface area contributed by atoms with Gasteiger partial charge in [0.1, 0.15) is 18.1 Å². The molecule has 0 aliphatic rings. The minimum atomic E-state index is -0.220. The Hall–Kier alpha value is -2.79. The molecule has 0 atom stereocenters. The summed E-state index contributed by atoms with van der Waals surface area (Å²) in [5.74, 6) is 1.61. The molecule has 0 saturated heterocycles. The van der Waals surface area contributed by atoms with Crippen molar-refractivity contribution in [2.75, 3.05) is 11.9 Å². The molecule has 3 aromatic carbocycles. The Morgan fingerprint density at radius 2 is 1.69 bits per heavy atom. The van der Waals surface area contributed by atoms with Gasteiger partial charge in [-0.15, -0.1) is 0 Å². The summed E-state index contributed by atoms with van der Waals surface area (Å²) in [6, 6.07) is 23.2. The van der Waals surface area contributed by atoms with Crippen LogP contribution in [0.4, 0.5) is 5.69 Å². The van der Waals surface area contributed by atoms with E-state index in [0.29, 0.717) is 24.0 Å². The first-order valence-electron chi connectivity index (χ1n) is 9.50. The van der Waals surface area contributed by atoms with Gasteiger partial charge in [-0.1, -0.05) is 50.2 Å². The highest BCUT2D eigenvalue weighted by Crippen LogP contribution is 2.29. The number of rotatable bonds is 8. The van der Waals surface area contributed by atoms with Crippen LogP contribution in [0.2, 0.25) is 0 Å². The summed E-state index contributed by atoms with van der Waals surface area (Å²) in [5, 5.41) is 2.83. The standard InChI is InChI=1S/C24H24BrNO3/c1-17(2)19-8-13-23(22(25)14-19)29-16-24(27)26-20-9-11-21(12-10-20)28-15-18-6-4-3-5-7-18/h3-14,17H,15-16H2,1-2H3,(H,26,27). The number of carbonyl (C=O) groups excluding carboxylic acids is 1. The first-order chi connectivity index (χ1) is 14.0. The summed E-state index contributed by atoms with van der Waals surface area (Å²) in [7, 11) is 0. The van der Waals surface area contributed by atoms with Gasteiger partial charge in [-0.05, 0) is 69.4 Å². The maximum Gasteiger partial charge on any atom is 0.262 e. The van der Waals surface area contributed by atoms with Gasteiger partial charge in [-0.2, -0.15) is 0 Å². The normalized spacial score (nSPS) is 10.6. The van der Waals surface area contributed by atoms with E-state index in [9.17, 15) is 4.79 Å². The quantitative estimate of drug-likeness (QED) is 0.443. The lowest BCUT2D eigenvalue weighted by Gasteiger charge is -2.12. The van der Waals surface area contributed by atoms with Crippen molar-refractivity contribution in [2.45, 2.75) is 26.4 Å². The first-order valence-corrected chi connectivity index (χ1v) is 10.3. The van der Waals surface area contributed by atoms with E-state index >= 15 is 0 Å². The minimum Gasteiger partial charge on any atom is -0.489 e. The molecule has 29 heavy (non-hydrogen) atoms. The Bertz CT molecular complexity index is 940. The fourth-order valence-corrected chi connectivity index (χ4v) is 3.22. The zero-order valence-corrected chi connectivity index (χ0v) is 18.1. The van der Waals surface area contributed by atoms with Gasteiger partial charge in [0.05, 0.1) is 4.47 Å². The Morgan fingerprint density at radius 3 is 2.34 bits per heavy atom. The molecule has 0 radical (unpaired) electrons. The first kappa shape index (κ1) is 20.9. The number of ether oxygens (including phenoxy) is 2. The van der Waals surface area contributed by atoms with Crippen molar-refractivity contribution < 1.29 is 14.3 Å². The van der Waals surface area contributed by atoms with Crippen LogP contribution in [0.1, 0.15) is 30.9 Å². The average Bonchev–Trinajstić information content (AvgIpc) is 2.73. The molecule has 150 valence electrons. The zero-order valence-electron chi connectivity index (χ0n) is 16.5. The van der Waals surface area contributed by atoms with Gasteiger partial charge in [0.2, 0.25) is 0 Å². The molecule has 0 spiro atoms. The SMILES string of the molecule is CC(C)c1ccc(OCC(=O)Nc2ccc(OCc3ccccc3)cc2)c(Br)c1. The number of amides is 1. The van der Waals surface area contributed by atoms with Crippen molar-refractivity contribution in [1.29, 1.82) is 0 Å². The number of benzene rings is 3. The van der Waals surface area contributed by atoms with Gasteiger partial charge < -0.3 is 14.8 Å². The van der Waals surface area contributed by atoms with Gasteiger partial charge >= 0.3 is 0 Å². The number of hydrogen-bond donors (Lipinski definition) is 1. The molecule has 3 aromatic rings. The lowest BCUT2D eigenvalue weighted by atomic mass is 10.0. The molecule has 5 heteroatoms. The van der Waals surface area contributed by atoms with Crippen molar-refractivity contribution in [1.82, 2.24) is 0 Å². The maximum absolute atomic E-state index is 12.2. The van der Waals surface area contributed by atoms with E-state index in [1.807, 2.05) is 72.8 Å². The lowest BCUT2D eigenvalue weighted by Crippen LogP contribution is -2.20. The second-order valence-electron chi connectivity index (χ2n) is 6.98. The Labute approximate surface area is 180 Å². The smallest absolute Gasteiger partial charge is 0.262 e. The van der Waals surface area contributed by atoms with Crippen molar-refractivity contribution in [3.63, 3.8) is 0 Å². The van der Waals surface area contributed by atoms with Crippen LogP contribution in [0, 0.1) is 0 Å². The van der Waals surface area contributed by atoms with Crippen LogP contribution in [-0.4, -0.2) is 12.5 Å². The highest BCUT2D eigenvalue weighted by Gasteiger charge is 2.08. The minimum absolute atomic E-state index is 0.0636. The molecule has 0 bridgehead atoms. The third-order valence-corrected chi connectivity index (χ3v) is 4.99. The van der Waals surface area contributed by atoms with E-state index in [-0.39, 0.29) is 12.5 Å². The molecule has 3 rings (SSSR count). The Kier molecular flexibility index (Phi) is 7.30. The van der Waals surface area contributed by atoms with Crippen LogP contribution in [-0.2, 0) is 11.4 Å². The van der Waals surface area contributed by atoms with E-state index in [1.165, 1.54) is 5.56 Å². The number of hydrogen-bond acceptors (Lipinski definition) is 3. The largest absolute Gasteiger partial charge is 0.489 e. The third-order valence-electron chi connectivity index (χ3n) is 4.37. The molecule has 0 fully saturated rings. The van der Waals surface area contributed by atoms with E-state index in [2.05, 4.69) is 35.1 Å². The third kappa shape index (κ3) is 6.36. The van der Waals surface area contributed by atoms with Crippen molar-refractivity contribution >= 4 is 27.5 Å². The number of anilines is 1. The summed E-state index contributed by atoms with van der Waals surface area (Å²) in [6.07, 6.45) is 0. The summed E-state index contributed by atoms with van der Waals surface area (Å²) >= 11 is 3.50. The molecular weight excluding hydrogens is 430 g/mol. The molecule has 1 N–H and O–H groups in total. The lowest BCUT2D eigenvalue weighted by molar-refractivity contribution is -0.118. The topological polar surface area (TPSA) is 47.6 Å². The number of halogens is 1. The molecular formula is C24H24BrNO3. The van der Waals surface area contributed by atoms with Gasteiger partial charge in [0, 0.05) is 5.69 Å². The molecule has 1 amide bonds. The van der Waals surface area contributed by atoms with Gasteiger partial charge in [0.25, 0.3) is 5.91 Å². The number of nitrogens with one attached hydrogen (secondary N) is 1. The molecule has 0 heterocycles. The second-order valence-corrected chi connectivity index (χ2v) is 7.83. The summed E-state index contributed by atoms with van der Waals surface area (Å²) in [4.78, 5) is 12.2.